The summed E-state index contributed by atoms with van der Waals surface area (Å²) in [4.78, 5) is 5.11. The molecule has 0 spiro atoms. The van der Waals surface area contributed by atoms with Crippen molar-refractivity contribution >= 4 is 53.0 Å². The molecule has 2 aliphatic carbocycles. The predicted octanol–water partition coefficient (Wildman–Crippen LogP) is 11.1. The van der Waals surface area contributed by atoms with Gasteiger partial charge in [-0.3, -0.25) is 0 Å². The summed E-state index contributed by atoms with van der Waals surface area (Å²) >= 11 is 0. The van der Waals surface area contributed by atoms with Crippen LogP contribution in [0, 0.1) is 34.6 Å². The summed E-state index contributed by atoms with van der Waals surface area (Å²) in [5.74, 6) is 2.53. The van der Waals surface area contributed by atoms with E-state index in [1.165, 1.54) is 89.2 Å². The van der Waals surface area contributed by atoms with E-state index in [4.69, 9.17) is 0 Å². The maximum absolute atomic E-state index is 2.63. The third-order valence-corrected chi connectivity index (χ3v) is 10.2. The Bertz CT molecular complexity index is 2170. The highest BCUT2D eigenvalue weighted by atomic mass is 15.2. The molecule has 3 heteroatoms. The number of aryl methyl sites for hydroxylation is 5. The summed E-state index contributed by atoms with van der Waals surface area (Å²) < 4.78 is 0. The molecule has 5 aromatic rings. The lowest BCUT2D eigenvalue weighted by Gasteiger charge is -2.42. The van der Waals surface area contributed by atoms with Crippen LogP contribution in [0.1, 0.15) is 57.3 Å². The van der Waals surface area contributed by atoms with Crippen molar-refractivity contribution in [2.45, 2.75) is 53.5 Å². The van der Waals surface area contributed by atoms with Crippen LogP contribution in [0.2, 0.25) is 0 Å². The van der Waals surface area contributed by atoms with Crippen LogP contribution in [0.5, 0.6) is 0 Å². The highest BCUT2D eigenvalue weighted by Gasteiger charge is 2.36. The number of nitrogens with zero attached hydrogens (tertiary/aromatic N) is 2. The average molecular weight is 609 g/mol. The van der Waals surface area contributed by atoms with Gasteiger partial charge >= 0.3 is 0 Å². The fraction of sp³-hybridized carbons (Fsp3) is 0.182. The van der Waals surface area contributed by atoms with Gasteiger partial charge in [0, 0.05) is 28.4 Å². The van der Waals surface area contributed by atoms with Gasteiger partial charge in [0.25, 0.3) is 0 Å². The zero-order valence-electron chi connectivity index (χ0n) is 28.3. The summed E-state index contributed by atoms with van der Waals surface area (Å²) in [6.07, 6.45) is 12.0. The second-order valence-corrected chi connectivity index (χ2v) is 13.8. The lowest BCUT2D eigenvalue weighted by atomic mass is 9.72. The van der Waals surface area contributed by atoms with Gasteiger partial charge in [-0.15, -0.1) is 5.98 Å². The topological polar surface area (TPSA) is 6.48 Å². The number of allylic oxidation sites excluding steroid dienone is 2. The first-order valence-corrected chi connectivity index (χ1v) is 16.9. The van der Waals surface area contributed by atoms with Crippen LogP contribution in [-0.2, 0) is 0 Å². The third-order valence-electron chi connectivity index (χ3n) is 10.2. The van der Waals surface area contributed by atoms with Crippen molar-refractivity contribution in [1.29, 1.82) is 0 Å². The van der Waals surface area contributed by atoms with E-state index in [1.807, 2.05) is 0 Å². The van der Waals surface area contributed by atoms with Crippen molar-refractivity contribution in [3.63, 3.8) is 0 Å². The Hall–Kier alpha value is -5.02. The quantitative estimate of drug-likeness (QED) is 0.177. The summed E-state index contributed by atoms with van der Waals surface area (Å²) in [5, 5.41) is 2.67. The maximum atomic E-state index is 2.63. The Morgan fingerprint density at radius 3 is 1.94 bits per heavy atom. The van der Waals surface area contributed by atoms with Gasteiger partial charge in [-0.25, -0.2) is 0 Å². The average Bonchev–Trinajstić information content (AvgIpc) is 3.46. The molecule has 1 aliphatic heterocycles. The molecule has 0 bridgehead atoms. The van der Waals surface area contributed by atoms with Crippen LogP contribution < -0.4 is 9.80 Å². The highest BCUT2D eigenvalue weighted by Crippen LogP contribution is 2.49. The molecule has 1 heterocycles. The molecule has 2 atom stereocenters. The van der Waals surface area contributed by atoms with E-state index in [9.17, 15) is 0 Å². The third kappa shape index (κ3) is 4.97. The van der Waals surface area contributed by atoms with Crippen LogP contribution in [-0.4, -0.2) is 13.3 Å². The largest absolute Gasteiger partial charge is 0.346 e. The molecule has 5 aromatic carbocycles. The Labute approximate surface area is 280 Å². The summed E-state index contributed by atoms with van der Waals surface area (Å²) in [7, 11) is 0.957. The van der Waals surface area contributed by atoms with Gasteiger partial charge in [0.1, 0.15) is 0 Å². The Kier molecular flexibility index (Phi) is 7.10. The van der Waals surface area contributed by atoms with E-state index in [0.29, 0.717) is 0 Å². The molecule has 0 amide bonds. The van der Waals surface area contributed by atoms with E-state index in [0.717, 1.165) is 7.28 Å². The van der Waals surface area contributed by atoms with E-state index in [-0.39, 0.29) is 12.0 Å². The number of hydrogen-bond donors (Lipinski definition) is 0. The van der Waals surface area contributed by atoms with Crippen molar-refractivity contribution in [1.82, 2.24) is 0 Å². The summed E-state index contributed by atoms with van der Waals surface area (Å²) in [6, 6.07) is 32.2. The summed E-state index contributed by atoms with van der Waals surface area (Å²) in [6.45, 7) is 13.3. The lowest BCUT2D eigenvalue weighted by Crippen LogP contribution is -2.40. The SMILES string of the molecule is CC1=C(N(c2cc(C)cc(C)c2)C2C=Cc3ccc4c(N(c5cc(C)cc(C)c5)c5ccccc5C)ccc5c4c3C2C=C5)BC=C1. The smallest absolute Gasteiger partial charge is 0.205 e. The summed E-state index contributed by atoms with van der Waals surface area (Å²) in [5.41, 5.74) is 18.1. The minimum atomic E-state index is 0.166. The Morgan fingerprint density at radius 1 is 0.596 bits per heavy atom. The number of hydrogen-bond acceptors (Lipinski definition) is 2. The van der Waals surface area contributed by atoms with Crippen LogP contribution in [0.15, 0.2) is 120 Å². The Balaban J connectivity index is 1.34. The van der Waals surface area contributed by atoms with Gasteiger partial charge < -0.3 is 9.80 Å². The molecule has 2 unspecified atom stereocenters. The molecule has 3 aliphatic rings. The van der Waals surface area contributed by atoms with Crippen LogP contribution in [0.4, 0.5) is 22.7 Å². The van der Waals surface area contributed by atoms with Gasteiger partial charge in [-0.05, 0) is 139 Å². The molecule has 8 rings (SSSR count). The molecule has 0 saturated carbocycles. The van der Waals surface area contributed by atoms with Crippen molar-refractivity contribution < 1.29 is 0 Å². The minimum Gasteiger partial charge on any atom is -0.346 e. The number of rotatable bonds is 6. The number of benzene rings is 5. The minimum absolute atomic E-state index is 0.166. The van der Waals surface area contributed by atoms with Gasteiger partial charge in [-0.1, -0.05) is 78.9 Å². The van der Waals surface area contributed by atoms with Crippen LogP contribution in [0.25, 0.3) is 22.9 Å². The molecule has 0 saturated heterocycles. The van der Waals surface area contributed by atoms with Gasteiger partial charge in [0.2, 0.25) is 7.28 Å². The zero-order valence-corrected chi connectivity index (χ0v) is 28.3. The molecule has 230 valence electrons. The Morgan fingerprint density at radius 2 is 1.26 bits per heavy atom. The monoisotopic (exact) mass is 608 g/mol. The van der Waals surface area contributed by atoms with E-state index < -0.39 is 0 Å². The van der Waals surface area contributed by atoms with Crippen molar-refractivity contribution in [2.75, 3.05) is 9.80 Å². The second-order valence-electron chi connectivity index (χ2n) is 13.8. The van der Waals surface area contributed by atoms with E-state index in [1.54, 1.807) is 0 Å². The maximum Gasteiger partial charge on any atom is 0.205 e. The molecule has 0 fully saturated rings. The molecular weight excluding hydrogens is 567 g/mol. The van der Waals surface area contributed by atoms with E-state index >= 15 is 0 Å². The number of para-hydroxylation sites is 1. The van der Waals surface area contributed by atoms with E-state index in [2.05, 4.69) is 173 Å². The molecular formula is C44H41BN2. The van der Waals surface area contributed by atoms with Crippen LogP contribution in [0.3, 0.4) is 0 Å². The predicted molar refractivity (Wildman–Crippen MR) is 205 cm³/mol. The fourth-order valence-corrected chi connectivity index (χ4v) is 8.29. The zero-order chi connectivity index (χ0) is 32.4. The van der Waals surface area contributed by atoms with Crippen LogP contribution >= 0.6 is 0 Å². The standard InChI is InChI=1S/C44H41BN2/c1-27-21-28(2)24-35(23-27)46(39-10-8-7-9-31(39)5)40-17-13-33-12-16-38-41(18-14-34-11-15-37(40)42(33)43(34)38)47(44-32(6)19-20-45-44)36-25-29(3)22-30(4)26-36/h7-26,38,41,45H,1-6H3. The second kappa shape index (κ2) is 11.3. The molecule has 47 heavy (non-hydrogen) atoms. The van der Waals surface area contributed by atoms with Crippen molar-refractivity contribution in [3.8, 4) is 0 Å². The molecule has 2 nitrogen and oxygen atoms in total. The molecule has 0 radical (unpaired) electrons. The number of anilines is 4. The molecule has 0 N–H and O–H groups in total. The van der Waals surface area contributed by atoms with Crippen molar-refractivity contribution in [2.24, 2.45) is 0 Å². The normalized spacial score (nSPS) is 17.4. The highest BCUT2D eigenvalue weighted by molar-refractivity contribution is 6.53. The first-order valence-electron chi connectivity index (χ1n) is 16.9. The first kappa shape index (κ1) is 29.4. The van der Waals surface area contributed by atoms with Gasteiger partial charge in [-0.2, -0.15) is 0 Å². The van der Waals surface area contributed by atoms with Gasteiger partial charge in [0.15, 0.2) is 0 Å². The van der Waals surface area contributed by atoms with Gasteiger partial charge in [0.05, 0.1) is 11.7 Å². The van der Waals surface area contributed by atoms with Crippen molar-refractivity contribution in [3.05, 3.63) is 165 Å². The molecule has 0 aromatic heterocycles. The fourth-order valence-electron chi connectivity index (χ4n) is 8.29. The first-order chi connectivity index (χ1) is 22.8. The lowest BCUT2D eigenvalue weighted by molar-refractivity contribution is 0.683.